The average molecular weight is 369 g/mol. The lowest BCUT2D eigenvalue weighted by Gasteiger charge is -2.15. The van der Waals surface area contributed by atoms with E-state index >= 15 is 0 Å². The molecule has 0 amide bonds. The minimum atomic E-state index is -0.323. The molecule has 2 aromatic carbocycles. The van der Waals surface area contributed by atoms with Crippen LogP contribution >= 0.6 is 11.6 Å². The molecule has 0 fully saturated rings. The van der Waals surface area contributed by atoms with E-state index in [2.05, 4.69) is 5.10 Å². The monoisotopic (exact) mass is 368 g/mol. The molecule has 1 aromatic heterocycles. The smallest absolute Gasteiger partial charge is 0.278 e. The second-order valence-corrected chi connectivity index (χ2v) is 6.70. The van der Waals surface area contributed by atoms with Crippen molar-refractivity contribution in [3.8, 4) is 16.9 Å². The van der Waals surface area contributed by atoms with E-state index in [-0.39, 0.29) is 17.9 Å². The normalized spacial score (nSPS) is 10.9. The lowest BCUT2D eigenvalue weighted by molar-refractivity contribution is 0.452. The Morgan fingerprint density at radius 3 is 2.50 bits per heavy atom. The van der Waals surface area contributed by atoms with Gasteiger partial charge in [-0.25, -0.2) is 4.68 Å². The number of halogens is 1. The van der Waals surface area contributed by atoms with Crippen molar-refractivity contribution in [1.29, 1.82) is 0 Å². The van der Waals surface area contributed by atoms with Crippen molar-refractivity contribution < 1.29 is 5.11 Å². The highest BCUT2D eigenvalue weighted by molar-refractivity contribution is 6.31. The van der Waals surface area contributed by atoms with Crippen molar-refractivity contribution in [2.24, 2.45) is 0 Å². The molecule has 0 radical (unpaired) electrons. The van der Waals surface area contributed by atoms with Crippen molar-refractivity contribution in [3.63, 3.8) is 0 Å². The third-order valence-electron chi connectivity index (χ3n) is 4.38. The first-order chi connectivity index (χ1) is 12.5. The summed E-state index contributed by atoms with van der Waals surface area (Å²) in [5.41, 5.74) is 2.97. The Bertz CT molecular complexity index is 996. The van der Waals surface area contributed by atoms with E-state index in [1.807, 2.05) is 56.3 Å². The molecule has 1 N–H and O–H groups in total. The summed E-state index contributed by atoms with van der Waals surface area (Å²) >= 11 is 6.25. The van der Waals surface area contributed by atoms with Gasteiger partial charge in [0.05, 0.1) is 12.1 Å². The number of aromatic nitrogens is 2. The van der Waals surface area contributed by atoms with Gasteiger partial charge < -0.3 is 5.11 Å². The molecule has 5 heteroatoms. The lowest BCUT2D eigenvalue weighted by Crippen LogP contribution is -2.27. The minimum absolute atomic E-state index is 0.0263. The van der Waals surface area contributed by atoms with Crippen LogP contribution in [0.4, 0.5) is 0 Å². The van der Waals surface area contributed by atoms with Crippen molar-refractivity contribution in [2.45, 2.75) is 33.2 Å². The highest BCUT2D eigenvalue weighted by Crippen LogP contribution is 2.31. The second-order valence-electron chi connectivity index (χ2n) is 6.29. The Kier molecular flexibility index (Phi) is 5.43. The molecular formula is C21H21ClN2O2. The van der Waals surface area contributed by atoms with Gasteiger partial charge in [-0.05, 0) is 36.1 Å². The van der Waals surface area contributed by atoms with Gasteiger partial charge in [0.25, 0.3) is 5.56 Å². The maximum atomic E-state index is 13.1. The Balaban J connectivity index is 2.21. The first kappa shape index (κ1) is 18.2. The van der Waals surface area contributed by atoms with Crippen LogP contribution in [0.3, 0.4) is 0 Å². The highest BCUT2D eigenvalue weighted by Gasteiger charge is 2.19. The number of nitrogens with zero attached hydrogens (tertiary/aromatic N) is 2. The third-order valence-corrected chi connectivity index (χ3v) is 4.75. The molecule has 0 aliphatic heterocycles. The summed E-state index contributed by atoms with van der Waals surface area (Å²) in [6.07, 6.45) is 1.41. The van der Waals surface area contributed by atoms with Crippen molar-refractivity contribution >= 4 is 11.6 Å². The summed E-state index contributed by atoms with van der Waals surface area (Å²) in [7, 11) is 0. The van der Waals surface area contributed by atoms with Crippen LogP contribution in [0, 0.1) is 6.92 Å². The summed E-state index contributed by atoms with van der Waals surface area (Å²) in [5.74, 6) is -0.0263. The first-order valence-electron chi connectivity index (χ1n) is 8.65. The fraction of sp³-hybridized carbons (Fsp3) is 0.238. The van der Waals surface area contributed by atoms with Gasteiger partial charge in [-0.15, -0.1) is 0 Å². The molecule has 134 valence electrons. The molecule has 26 heavy (non-hydrogen) atoms. The Hall–Kier alpha value is -2.59. The van der Waals surface area contributed by atoms with E-state index in [9.17, 15) is 9.90 Å². The standard InChI is InChI=1S/C21H21ClN2O2/c1-3-8-18-20(25)19(16-11-6-4-9-14(16)2)21(26)24(23-18)13-15-10-5-7-12-17(15)22/h4-7,9-12,25H,3,8,13H2,1-2H3. The molecule has 4 nitrogen and oxygen atoms in total. The summed E-state index contributed by atoms with van der Waals surface area (Å²) in [4.78, 5) is 13.1. The summed E-state index contributed by atoms with van der Waals surface area (Å²) < 4.78 is 1.40. The molecular weight excluding hydrogens is 348 g/mol. The molecule has 1 heterocycles. The number of hydrogen-bond donors (Lipinski definition) is 1. The maximum Gasteiger partial charge on any atom is 0.278 e. The predicted molar refractivity (Wildman–Crippen MR) is 105 cm³/mol. The summed E-state index contributed by atoms with van der Waals surface area (Å²) in [5, 5.41) is 15.7. The molecule has 0 aliphatic carbocycles. The van der Waals surface area contributed by atoms with Crippen LogP contribution in [0.25, 0.3) is 11.1 Å². The van der Waals surface area contributed by atoms with Gasteiger partial charge in [0.1, 0.15) is 5.69 Å². The fourth-order valence-corrected chi connectivity index (χ4v) is 3.21. The largest absolute Gasteiger partial charge is 0.505 e. The predicted octanol–water partition coefficient (Wildman–Crippen LogP) is 4.58. The Morgan fingerprint density at radius 1 is 1.12 bits per heavy atom. The van der Waals surface area contributed by atoms with Gasteiger partial charge in [-0.2, -0.15) is 5.10 Å². The van der Waals surface area contributed by atoms with Crippen molar-refractivity contribution in [2.75, 3.05) is 0 Å². The Morgan fingerprint density at radius 2 is 1.81 bits per heavy atom. The number of aromatic hydroxyl groups is 1. The summed E-state index contributed by atoms with van der Waals surface area (Å²) in [6.45, 7) is 4.19. The SMILES string of the molecule is CCCc1nn(Cc2ccccc2Cl)c(=O)c(-c2ccccc2C)c1O. The van der Waals surface area contributed by atoms with Gasteiger partial charge >= 0.3 is 0 Å². The number of rotatable bonds is 5. The molecule has 0 aliphatic rings. The summed E-state index contributed by atoms with van der Waals surface area (Å²) in [6, 6.07) is 14.9. The number of benzene rings is 2. The lowest BCUT2D eigenvalue weighted by atomic mass is 10.00. The quantitative estimate of drug-likeness (QED) is 0.717. The van der Waals surface area contributed by atoms with E-state index in [0.717, 1.165) is 23.1 Å². The second kappa shape index (κ2) is 7.75. The van der Waals surface area contributed by atoms with Gasteiger partial charge in [-0.1, -0.05) is 67.4 Å². The average Bonchev–Trinajstić information content (AvgIpc) is 2.63. The molecule has 0 saturated heterocycles. The third kappa shape index (κ3) is 3.51. The van der Waals surface area contributed by atoms with Gasteiger partial charge in [0, 0.05) is 5.02 Å². The van der Waals surface area contributed by atoms with E-state index in [1.165, 1.54) is 4.68 Å². The van der Waals surface area contributed by atoms with Crippen LogP contribution in [-0.2, 0) is 13.0 Å². The maximum absolute atomic E-state index is 13.1. The van der Waals surface area contributed by atoms with Crippen LogP contribution < -0.4 is 5.56 Å². The highest BCUT2D eigenvalue weighted by atomic mass is 35.5. The number of hydrogen-bond acceptors (Lipinski definition) is 3. The molecule has 3 aromatic rings. The fourth-order valence-electron chi connectivity index (χ4n) is 3.01. The molecule has 3 rings (SSSR count). The zero-order valence-electron chi connectivity index (χ0n) is 14.9. The molecule has 0 bridgehead atoms. The van der Waals surface area contributed by atoms with E-state index in [4.69, 9.17) is 11.6 Å². The van der Waals surface area contributed by atoms with Crippen LogP contribution in [-0.4, -0.2) is 14.9 Å². The topological polar surface area (TPSA) is 55.1 Å². The van der Waals surface area contributed by atoms with Gasteiger partial charge in [0.2, 0.25) is 0 Å². The van der Waals surface area contributed by atoms with E-state index < -0.39 is 0 Å². The molecule has 0 spiro atoms. The molecule has 0 atom stereocenters. The Labute approximate surface area is 157 Å². The van der Waals surface area contributed by atoms with Crippen molar-refractivity contribution in [3.05, 3.63) is 80.7 Å². The number of aryl methyl sites for hydroxylation is 2. The zero-order chi connectivity index (χ0) is 18.7. The van der Waals surface area contributed by atoms with Crippen molar-refractivity contribution in [1.82, 2.24) is 9.78 Å². The van der Waals surface area contributed by atoms with E-state index in [1.54, 1.807) is 6.07 Å². The zero-order valence-corrected chi connectivity index (χ0v) is 15.6. The van der Waals surface area contributed by atoms with Gasteiger partial charge in [-0.3, -0.25) is 4.79 Å². The molecule has 0 saturated carbocycles. The van der Waals surface area contributed by atoms with Crippen LogP contribution in [0.15, 0.2) is 53.3 Å². The van der Waals surface area contributed by atoms with Crippen LogP contribution in [0.1, 0.15) is 30.2 Å². The van der Waals surface area contributed by atoms with E-state index in [0.29, 0.717) is 22.7 Å². The van der Waals surface area contributed by atoms with Gasteiger partial charge in [0.15, 0.2) is 5.75 Å². The molecule has 0 unspecified atom stereocenters. The first-order valence-corrected chi connectivity index (χ1v) is 9.03. The minimum Gasteiger partial charge on any atom is -0.505 e. The van der Waals surface area contributed by atoms with Crippen LogP contribution in [0.5, 0.6) is 5.75 Å². The van der Waals surface area contributed by atoms with Crippen LogP contribution in [0.2, 0.25) is 5.02 Å².